The fraction of sp³-hybridized carbons (Fsp3) is 0.308. The van der Waals surface area contributed by atoms with Crippen LogP contribution in [0.5, 0.6) is 5.88 Å². The highest BCUT2D eigenvalue weighted by Crippen LogP contribution is 2.18. The van der Waals surface area contributed by atoms with Gasteiger partial charge in [0.2, 0.25) is 5.88 Å². The Labute approximate surface area is 106 Å². The van der Waals surface area contributed by atoms with Crippen molar-refractivity contribution >= 4 is 5.82 Å². The second-order valence-corrected chi connectivity index (χ2v) is 3.83. The van der Waals surface area contributed by atoms with Crippen LogP contribution < -0.4 is 10.1 Å². The third-order valence-corrected chi connectivity index (χ3v) is 2.48. The van der Waals surface area contributed by atoms with Crippen molar-refractivity contribution in [3.05, 3.63) is 42.5 Å². The van der Waals surface area contributed by atoms with Gasteiger partial charge in [0.05, 0.1) is 12.6 Å². The number of nitrogens with one attached hydrogen (secondary N) is 1. The summed E-state index contributed by atoms with van der Waals surface area (Å²) in [7, 11) is 0. The van der Waals surface area contributed by atoms with E-state index in [0.29, 0.717) is 12.5 Å². The second kappa shape index (κ2) is 5.95. The maximum atomic E-state index is 5.33. The Balaban J connectivity index is 2.07. The molecule has 18 heavy (non-hydrogen) atoms. The second-order valence-electron chi connectivity index (χ2n) is 3.83. The van der Waals surface area contributed by atoms with Gasteiger partial charge in [-0.3, -0.25) is 4.98 Å². The van der Waals surface area contributed by atoms with E-state index in [1.165, 1.54) is 6.33 Å². The number of rotatable bonds is 5. The quantitative estimate of drug-likeness (QED) is 0.875. The number of ether oxygens (including phenoxy) is 1. The van der Waals surface area contributed by atoms with E-state index < -0.39 is 0 Å². The van der Waals surface area contributed by atoms with Crippen LogP contribution in [0.15, 0.2) is 36.9 Å². The van der Waals surface area contributed by atoms with Gasteiger partial charge < -0.3 is 10.1 Å². The number of anilines is 1. The Morgan fingerprint density at radius 3 is 3.00 bits per heavy atom. The van der Waals surface area contributed by atoms with Gasteiger partial charge in [-0.2, -0.15) is 0 Å². The number of nitrogens with zero attached hydrogens (tertiary/aromatic N) is 3. The summed E-state index contributed by atoms with van der Waals surface area (Å²) in [6.45, 7) is 4.57. The van der Waals surface area contributed by atoms with E-state index in [1.54, 1.807) is 12.3 Å². The number of aromatic nitrogens is 3. The summed E-state index contributed by atoms with van der Waals surface area (Å²) in [6, 6.07) is 5.85. The maximum absolute atomic E-state index is 5.33. The molecule has 1 N–H and O–H groups in total. The molecule has 1 atom stereocenters. The van der Waals surface area contributed by atoms with Crippen LogP contribution in [-0.4, -0.2) is 21.6 Å². The molecule has 0 aliphatic heterocycles. The molecule has 0 aromatic carbocycles. The molecular formula is C13H16N4O. The van der Waals surface area contributed by atoms with Crippen LogP contribution in [0.1, 0.15) is 25.5 Å². The molecular weight excluding hydrogens is 228 g/mol. The first-order valence-electron chi connectivity index (χ1n) is 5.91. The Morgan fingerprint density at radius 2 is 2.28 bits per heavy atom. The van der Waals surface area contributed by atoms with E-state index in [2.05, 4.69) is 27.2 Å². The molecule has 0 aliphatic rings. The Kier molecular flexibility index (Phi) is 4.06. The zero-order valence-corrected chi connectivity index (χ0v) is 10.5. The highest BCUT2D eigenvalue weighted by molar-refractivity contribution is 5.39. The minimum absolute atomic E-state index is 0.128. The van der Waals surface area contributed by atoms with Crippen molar-refractivity contribution in [2.45, 2.75) is 19.9 Å². The van der Waals surface area contributed by atoms with Gasteiger partial charge >= 0.3 is 0 Å². The van der Waals surface area contributed by atoms with E-state index in [1.807, 2.05) is 25.3 Å². The molecule has 0 aliphatic carbocycles. The molecule has 2 heterocycles. The summed E-state index contributed by atoms with van der Waals surface area (Å²) in [5.41, 5.74) is 1.11. The molecule has 2 aromatic heterocycles. The van der Waals surface area contributed by atoms with Crippen LogP contribution in [0, 0.1) is 0 Å². The monoisotopic (exact) mass is 244 g/mol. The largest absolute Gasteiger partial charge is 0.478 e. The van der Waals surface area contributed by atoms with Crippen molar-refractivity contribution in [2.75, 3.05) is 11.9 Å². The zero-order chi connectivity index (χ0) is 12.8. The summed E-state index contributed by atoms with van der Waals surface area (Å²) < 4.78 is 5.33. The van der Waals surface area contributed by atoms with Crippen molar-refractivity contribution in [1.82, 2.24) is 15.0 Å². The molecule has 2 aromatic rings. The first kappa shape index (κ1) is 12.3. The molecule has 0 amide bonds. The molecule has 0 bridgehead atoms. The molecule has 5 heteroatoms. The topological polar surface area (TPSA) is 59.9 Å². The minimum atomic E-state index is 0.128. The van der Waals surface area contributed by atoms with Gasteiger partial charge in [-0.05, 0) is 25.5 Å². The number of pyridine rings is 1. The van der Waals surface area contributed by atoms with Gasteiger partial charge in [-0.15, -0.1) is 0 Å². The smallest absolute Gasteiger partial charge is 0.218 e. The lowest BCUT2D eigenvalue weighted by Gasteiger charge is -2.14. The zero-order valence-electron chi connectivity index (χ0n) is 10.5. The molecule has 0 fully saturated rings. The van der Waals surface area contributed by atoms with Crippen molar-refractivity contribution in [2.24, 2.45) is 0 Å². The molecule has 94 valence electrons. The molecule has 0 saturated carbocycles. The summed E-state index contributed by atoms with van der Waals surface area (Å²) in [6.07, 6.45) is 5.08. The normalized spacial score (nSPS) is 11.9. The van der Waals surface area contributed by atoms with Crippen LogP contribution in [-0.2, 0) is 0 Å². The average molecular weight is 244 g/mol. The van der Waals surface area contributed by atoms with E-state index in [0.717, 1.165) is 11.4 Å². The minimum Gasteiger partial charge on any atom is -0.478 e. The highest BCUT2D eigenvalue weighted by atomic mass is 16.5. The third kappa shape index (κ3) is 3.16. The summed E-state index contributed by atoms with van der Waals surface area (Å²) in [5.74, 6) is 1.32. The fourth-order valence-electron chi connectivity index (χ4n) is 1.58. The number of hydrogen-bond donors (Lipinski definition) is 1. The average Bonchev–Trinajstić information content (AvgIpc) is 2.40. The van der Waals surface area contributed by atoms with Gasteiger partial charge in [-0.1, -0.05) is 6.07 Å². The number of hydrogen-bond acceptors (Lipinski definition) is 5. The lowest BCUT2D eigenvalue weighted by Crippen LogP contribution is -2.08. The van der Waals surface area contributed by atoms with Crippen LogP contribution >= 0.6 is 0 Å². The van der Waals surface area contributed by atoms with Gasteiger partial charge in [0, 0.05) is 18.5 Å². The highest BCUT2D eigenvalue weighted by Gasteiger charge is 2.06. The van der Waals surface area contributed by atoms with E-state index in [4.69, 9.17) is 4.74 Å². The van der Waals surface area contributed by atoms with Crippen molar-refractivity contribution < 1.29 is 4.74 Å². The maximum Gasteiger partial charge on any atom is 0.218 e. The first-order valence-corrected chi connectivity index (χ1v) is 5.91. The van der Waals surface area contributed by atoms with Gasteiger partial charge in [0.25, 0.3) is 0 Å². The van der Waals surface area contributed by atoms with E-state index >= 15 is 0 Å². The summed E-state index contributed by atoms with van der Waals surface area (Å²) >= 11 is 0. The molecule has 1 unspecified atom stereocenters. The lowest BCUT2D eigenvalue weighted by molar-refractivity contribution is 0.326. The van der Waals surface area contributed by atoms with Crippen molar-refractivity contribution in [1.29, 1.82) is 0 Å². The van der Waals surface area contributed by atoms with E-state index in [9.17, 15) is 0 Å². The van der Waals surface area contributed by atoms with Gasteiger partial charge in [0.15, 0.2) is 0 Å². The van der Waals surface area contributed by atoms with Gasteiger partial charge in [0.1, 0.15) is 12.1 Å². The van der Waals surface area contributed by atoms with Crippen LogP contribution in [0.3, 0.4) is 0 Å². The molecule has 0 radical (unpaired) electrons. The van der Waals surface area contributed by atoms with E-state index in [-0.39, 0.29) is 6.04 Å². The fourth-order valence-corrected chi connectivity index (χ4v) is 1.58. The summed E-state index contributed by atoms with van der Waals surface area (Å²) in [5, 5.41) is 3.29. The third-order valence-electron chi connectivity index (χ3n) is 2.48. The molecule has 0 saturated heterocycles. The molecule has 2 rings (SSSR count). The molecule has 5 nitrogen and oxygen atoms in total. The van der Waals surface area contributed by atoms with Gasteiger partial charge in [-0.25, -0.2) is 9.97 Å². The van der Waals surface area contributed by atoms with Crippen LogP contribution in [0.25, 0.3) is 0 Å². The summed E-state index contributed by atoms with van der Waals surface area (Å²) in [4.78, 5) is 12.3. The predicted molar refractivity (Wildman–Crippen MR) is 69.5 cm³/mol. The van der Waals surface area contributed by atoms with Crippen molar-refractivity contribution in [3.8, 4) is 5.88 Å². The van der Waals surface area contributed by atoms with Crippen LogP contribution in [0.2, 0.25) is 0 Å². The Hall–Kier alpha value is -2.17. The first-order chi connectivity index (χ1) is 8.79. The van der Waals surface area contributed by atoms with Crippen LogP contribution in [0.4, 0.5) is 5.82 Å². The Bertz CT molecular complexity index is 489. The molecule has 0 spiro atoms. The standard InChI is InChI=1S/C13H16N4O/c1-3-18-13-7-12(15-9-16-13)17-10(2)11-5-4-6-14-8-11/h4-10H,3H2,1-2H3,(H,15,16,17). The predicted octanol–water partition coefficient (Wildman–Crippen LogP) is 2.44. The SMILES string of the molecule is CCOc1cc(NC(C)c2cccnc2)ncn1. The Morgan fingerprint density at radius 1 is 1.39 bits per heavy atom. The van der Waals surface area contributed by atoms with Crippen molar-refractivity contribution in [3.63, 3.8) is 0 Å². The lowest BCUT2D eigenvalue weighted by atomic mass is 10.1.